The van der Waals surface area contributed by atoms with E-state index in [2.05, 4.69) is 24.4 Å². The van der Waals surface area contributed by atoms with E-state index in [1.54, 1.807) is 0 Å². The van der Waals surface area contributed by atoms with Crippen molar-refractivity contribution in [2.45, 2.75) is 45.9 Å². The van der Waals surface area contributed by atoms with Crippen LogP contribution in [-0.4, -0.2) is 25.9 Å². The Kier molecular flexibility index (Phi) is 7.39. The minimum absolute atomic E-state index is 0.312. The Hall–Kier alpha value is -1.75. The second-order valence-electron chi connectivity index (χ2n) is 6.80. The molecule has 1 aliphatic heterocycles. The first-order valence-corrected chi connectivity index (χ1v) is 10.00. The quantitative estimate of drug-likeness (QED) is 0.662. The van der Waals surface area contributed by atoms with Crippen LogP contribution in [0.15, 0.2) is 36.4 Å². The highest BCUT2D eigenvalue weighted by atomic mass is 35.5. The smallest absolute Gasteiger partial charge is 0.163 e. The summed E-state index contributed by atoms with van der Waals surface area (Å²) in [6.07, 6.45) is 2.58. The van der Waals surface area contributed by atoms with Gasteiger partial charge in [0.2, 0.25) is 0 Å². The van der Waals surface area contributed by atoms with Crippen LogP contribution in [0.2, 0.25) is 5.02 Å². The van der Waals surface area contributed by atoms with E-state index in [-0.39, 0.29) is 0 Å². The van der Waals surface area contributed by atoms with Crippen LogP contribution in [0.1, 0.15) is 36.5 Å². The fraction of sp³-hybridized carbons (Fsp3) is 0.455. The first kappa shape index (κ1) is 20.0. The van der Waals surface area contributed by atoms with E-state index in [1.165, 1.54) is 5.56 Å². The summed E-state index contributed by atoms with van der Waals surface area (Å²) in [6.45, 7) is 7.50. The largest absolute Gasteiger partial charge is 0.490 e. The van der Waals surface area contributed by atoms with Gasteiger partial charge in [-0.25, -0.2) is 0 Å². The maximum Gasteiger partial charge on any atom is 0.163 e. The van der Waals surface area contributed by atoms with Crippen molar-refractivity contribution in [3.63, 3.8) is 0 Å². The fourth-order valence-electron chi connectivity index (χ4n) is 3.19. The minimum atomic E-state index is 0.312. The van der Waals surface area contributed by atoms with Crippen molar-refractivity contribution >= 4 is 11.6 Å². The Morgan fingerprint density at radius 3 is 2.70 bits per heavy atom. The highest BCUT2D eigenvalue weighted by molar-refractivity contribution is 6.31. The van der Waals surface area contributed by atoms with E-state index >= 15 is 0 Å². The molecule has 1 heterocycles. The molecule has 3 rings (SSSR count). The summed E-state index contributed by atoms with van der Waals surface area (Å²) in [5.41, 5.74) is 3.36. The number of halogens is 1. The van der Waals surface area contributed by atoms with Crippen molar-refractivity contribution in [3.8, 4) is 11.5 Å². The molecule has 2 aromatic rings. The predicted molar refractivity (Wildman–Crippen MR) is 109 cm³/mol. The van der Waals surface area contributed by atoms with Crippen molar-refractivity contribution in [3.05, 3.63) is 58.1 Å². The Balaban J connectivity index is 1.66. The molecule has 1 fully saturated rings. The summed E-state index contributed by atoms with van der Waals surface area (Å²) >= 11 is 6.50. The first-order valence-electron chi connectivity index (χ1n) is 9.62. The number of benzene rings is 2. The summed E-state index contributed by atoms with van der Waals surface area (Å²) < 4.78 is 17.5. The maximum absolute atomic E-state index is 6.50. The van der Waals surface area contributed by atoms with E-state index < -0.39 is 0 Å². The van der Waals surface area contributed by atoms with Crippen LogP contribution in [0.3, 0.4) is 0 Å². The molecule has 0 amide bonds. The third-order valence-electron chi connectivity index (χ3n) is 4.77. The molecule has 1 aliphatic rings. The average molecular weight is 390 g/mol. The lowest BCUT2D eigenvalue weighted by molar-refractivity contribution is 0.110. The highest BCUT2D eigenvalue weighted by Gasteiger charge is 2.16. The highest BCUT2D eigenvalue weighted by Crippen LogP contribution is 2.34. The molecule has 0 aromatic heterocycles. The van der Waals surface area contributed by atoms with Gasteiger partial charge in [-0.1, -0.05) is 35.9 Å². The van der Waals surface area contributed by atoms with Crippen LogP contribution < -0.4 is 14.8 Å². The van der Waals surface area contributed by atoms with Gasteiger partial charge in [0.25, 0.3) is 0 Å². The lowest BCUT2D eigenvalue weighted by atomic mass is 10.1. The van der Waals surface area contributed by atoms with Crippen LogP contribution >= 0.6 is 11.6 Å². The molecular weight excluding hydrogens is 362 g/mol. The van der Waals surface area contributed by atoms with Crippen LogP contribution in [0.25, 0.3) is 0 Å². The molecule has 27 heavy (non-hydrogen) atoms. The molecular formula is C22H28ClNO3. The summed E-state index contributed by atoms with van der Waals surface area (Å²) in [7, 11) is 0. The molecule has 1 atom stereocenters. The van der Waals surface area contributed by atoms with Gasteiger partial charge in [0.1, 0.15) is 6.61 Å². The van der Waals surface area contributed by atoms with Crippen molar-refractivity contribution in [2.24, 2.45) is 0 Å². The van der Waals surface area contributed by atoms with Crippen molar-refractivity contribution in [2.75, 3.05) is 19.8 Å². The lowest BCUT2D eigenvalue weighted by Gasteiger charge is -2.16. The zero-order valence-electron chi connectivity index (χ0n) is 16.1. The van der Waals surface area contributed by atoms with Crippen molar-refractivity contribution in [1.29, 1.82) is 0 Å². The van der Waals surface area contributed by atoms with Gasteiger partial charge in [0.15, 0.2) is 11.5 Å². The molecule has 0 bridgehead atoms. The number of hydrogen-bond donors (Lipinski definition) is 1. The number of aryl methyl sites for hydroxylation is 1. The Labute approximate surface area is 166 Å². The molecule has 5 heteroatoms. The number of nitrogens with one attached hydrogen (secondary N) is 1. The van der Waals surface area contributed by atoms with Gasteiger partial charge in [0, 0.05) is 30.8 Å². The van der Waals surface area contributed by atoms with E-state index in [0.29, 0.717) is 36.6 Å². The minimum Gasteiger partial charge on any atom is -0.490 e. The molecule has 0 aliphatic carbocycles. The van der Waals surface area contributed by atoms with Gasteiger partial charge < -0.3 is 19.5 Å². The molecule has 0 spiro atoms. The third-order valence-corrected chi connectivity index (χ3v) is 5.12. The Bertz CT molecular complexity index is 744. The van der Waals surface area contributed by atoms with E-state index in [9.17, 15) is 0 Å². The van der Waals surface area contributed by atoms with Crippen LogP contribution in [-0.2, 0) is 17.9 Å². The van der Waals surface area contributed by atoms with Crippen molar-refractivity contribution in [1.82, 2.24) is 5.32 Å². The lowest BCUT2D eigenvalue weighted by Crippen LogP contribution is -2.25. The fourth-order valence-corrected chi connectivity index (χ4v) is 3.41. The average Bonchev–Trinajstić information content (AvgIpc) is 3.17. The number of rotatable bonds is 9. The van der Waals surface area contributed by atoms with Crippen molar-refractivity contribution < 1.29 is 14.2 Å². The van der Waals surface area contributed by atoms with Crippen LogP contribution in [0.5, 0.6) is 11.5 Å². The van der Waals surface area contributed by atoms with Crippen LogP contribution in [0.4, 0.5) is 0 Å². The number of ether oxygens (including phenoxy) is 3. The monoisotopic (exact) mass is 389 g/mol. The Morgan fingerprint density at radius 1 is 1.15 bits per heavy atom. The molecule has 1 N–H and O–H groups in total. The second-order valence-corrected chi connectivity index (χ2v) is 7.21. The zero-order chi connectivity index (χ0) is 19.1. The van der Waals surface area contributed by atoms with Gasteiger partial charge >= 0.3 is 0 Å². The van der Waals surface area contributed by atoms with Gasteiger partial charge in [-0.05, 0) is 49.4 Å². The normalized spacial score (nSPS) is 16.5. The summed E-state index contributed by atoms with van der Waals surface area (Å²) in [5.74, 6) is 1.40. The van der Waals surface area contributed by atoms with Gasteiger partial charge in [0.05, 0.1) is 12.7 Å². The second kappa shape index (κ2) is 9.98. The van der Waals surface area contributed by atoms with Gasteiger partial charge in [-0.2, -0.15) is 0 Å². The summed E-state index contributed by atoms with van der Waals surface area (Å²) in [6, 6.07) is 12.0. The summed E-state index contributed by atoms with van der Waals surface area (Å²) in [4.78, 5) is 0. The SMILES string of the molecule is CCOc1cc(CNCC2CCCO2)c(Cl)cc1OCc1ccccc1C. The molecule has 4 nitrogen and oxygen atoms in total. The van der Waals surface area contributed by atoms with E-state index in [4.69, 9.17) is 25.8 Å². The predicted octanol–water partition coefficient (Wildman–Crippen LogP) is 4.89. The van der Waals surface area contributed by atoms with Crippen LogP contribution in [0, 0.1) is 6.92 Å². The Morgan fingerprint density at radius 2 is 1.96 bits per heavy atom. The molecule has 0 saturated carbocycles. The molecule has 2 aromatic carbocycles. The maximum atomic E-state index is 6.50. The first-order chi connectivity index (χ1) is 13.2. The molecule has 1 saturated heterocycles. The van der Waals surface area contributed by atoms with E-state index in [1.807, 2.05) is 31.2 Å². The molecule has 146 valence electrons. The standard InChI is InChI=1S/C22H28ClNO3/c1-3-25-21-11-18(13-24-14-19-9-6-10-26-19)20(23)12-22(21)27-15-17-8-5-4-7-16(17)2/h4-5,7-8,11-12,19,24H,3,6,9-10,13-15H2,1-2H3. The third kappa shape index (κ3) is 5.61. The number of hydrogen-bond acceptors (Lipinski definition) is 4. The van der Waals surface area contributed by atoms with Gasteiger partial charge in [-0.3, -0.25) is 0 Å². The summed E-state index contributed by atoms with van der Waals surface area (Å²) in [5, 5.41) is 4.11. The molecule has 1 unspecified atom stereocenters. The zero-order valence-corrected chi connectivity index (χ0v) is 16.8. The molecule has 0 radical (unpaired) electrons. The topological polar surface area (TPSA) is 39.7 Å². The van der Waals surface area contributed by atoms with Gasteiger partial charge in [-0.15, -0.1) is 0 Å². The van der Waals surface area contributed by atoms with E-state index in [0.717, 1.165) is 42.9 Å².